The van der Waals surface area contributed by atoms with Crippen LogP contribution in [0.3, 0.4) is 0 Å². The molecule has 5 nitrogen and oxygen atoms in total. The van der Waals surface area contributed by atoms with Crippen molar-refractivity contribution in [2.45, 2.75) is 37.8 Å². The van der Waals surface area contributed by atoms with Gasteiger partial charge in [0.15, 0.2) is 0 Å². The lowest BCUT2D eigenvalue weighted by atomic mass is 10.1. The number of carboxylic acids is 1. The van der Waals surface area contributed by atoms with Gasteiger partial charge in [0.05, 0.1) is 12.5 Å². The van der Waals surface area contributed by atoms with Gasteiger partial charge in [-0.2, -0.15) is 0 Å². The molecule has 0 aromatic heterocycles. The third-order valence-electron chi connectivity index (χ3n) is 2.98. The first kappa shape index (κ1) is 10.4. The Labute approximate surface area is 88.4 Å². The predicted octanol–water partition coefficient (Wildman–Crippen LogP) is -0.186. The van der Waals surface area contributed by atoms with Crippen LogP contribution >= 0.6 is 0 Å². The summed E-state index contributed by atoms with van der Waals surface area (Å²) in [6.45, 7) is 1.50. The highest BCUT2D eigenvalue weighted by molar-refractivity contribution is 5.86. The van der Waals surface area contributed by atoms with Crippen LogP contribution in [-0.4, -0.2) is 47.1 Å². The summed E-state index contributed by atoms with van der Waals surface area (Å²) in [5.41, 5.74) is 0. The molecule has 2 fully saturated rings. The van der Waals surface area contributed by atoms with Gasteiger partial charge in [0.2, 0.25) is 5.91 Å². The molecule has 1 saturated heterocycles. The molecule has 84 valence electrons. The second-order valence-corrected chi connectivity index (χ2v) is 4.23. The van der Waals surface area contributed by atoms with Crippen molar-refractivity contribution in [1.82, 2.24) is 10.2 Å². The van der Waals surface area contributed by atoms with Crippen molar-refractivity contribution < 1.29 is 14.7 Å². The minimum absolute atomic E-state index is 0.0810. The molecule has 1 heterocycles. The molecular weight excluding hydrogens is 196 g/mol. The van der Waals surface area contributed by atoms with Crippen molar-refractivity contribution in [1.29, 1.82) is 0 Å². The summed E-state index contributed by atoms with van der Waals surface area (Å²) in [6.07, 6.45) is 3.04. The maximum atomic E-state index is 11.7. The van der Waals surface area contributed by atoms with Gasteiger partial charge >= 0.3 is 5.97 Å². The van der Waals surface area contributed by atoms with Gasteiger partial charge in [0, 0.05) is 19.1 Å². The molecule has 15 heavy (non-hydrogen) atoms. The molecule has 0 aromatic carbocycles. The van der Waals surface area contributed by atoms with Crippen molar-refractivity contribution in [2.75, 3.05) is 13.1 Å². The van der Waals surface area contributed by atoms with Crippen LogP contribution in [0.2, 0.25) is 0 Å². The Hall–Kier alpha value is -1.10. The Morgan fingerprint density at radius 3 is 2.87 bits per heavy atom. The number of aliphatic carboxylic acids is 1. The zero-order valence-electron chi connectivity index (χ0n) is 8.61. The first-order valence-corrected chi connectivity index (χ1v) is 5.44. The van der Waals surface area contributed by atoms with Crippen LogP contribution in [-0.2, 0) is 9.59 Å². The first-order valence-electron chi connectivity index (χ1n) is 5.44. The van der Waals surface area contributed by atoms with E-state index in [2.05, 4.69) is 10.2 Å². The van der Waals surface area contributed by atoms with Crippen molar-refractivity contribution in [2.24, 2.45) is 0 Å². The normalized spacial score (nSPS) is 28.3. The number of nitrogens with zero attached hydrogens (tertiary/aromatic N) is 1. The highest BCUT2D eigenvalue weighted by Gasteiger charge is 2.38. The quantitative estimate of drug-likeness (QED) is 0.680. The molecule has 1 saturated carbocycles. The van der Waals surface area contributed by atoms with Crippen LogP contribution in [0, 0.1) is 0 Å². The molecule has 0 aromatic rings. The zero-order valence-corrected chi connectivity index (χ0v) is 8.61. The smallest absolute Gasteiger partial charge is 0.305 e. The van der Waals surface area contributed by atoms with E-state index in [4.69, 9.17) is 5.11 Å². The fraction of sp³-hybridized carbons (Fsp3) is 0.800. The van der Waals surface area contributed by atoms with E-state index in [0.29, 0.717) is 12.6 Å². The molecule has 2 aliphatic rings. The van der Waals surface area contributed by atoms with E-state index in [0.717, 1.165) is 25.8 Å². The molecule has 0 spiro atoms. The van der Waals surface area contributed by atoms with Crippen molar-refractivity contribution >= 4 is 11.9 Å². The van der Waals surface area contributed by atoms with E-state index in [-0.39, 0.29) is 12.3 Å². The van der Waals surface area contributed by atoms with Gasteiger partial charge in [-0.1, -0.05) is 0 Å². The van der Waals surface area contributed by atoms with E-state index in [1.54, 1.807) is 0 Å². The molecule has 1 atom stereocenters. The summed E-state index contributed by atoms with van der Waals surface area (Å²) in [5, 5.41) is 11.6. The first-order chi connectivity index (χ1) is 7.18. The van der Waals surface area contributed by atoms with Gasteiger partial charge in [0.1, 0.15) is 0 Å². The van der Waals surface area contributed by atoms with Gasteiger partial charge in [-0.3, -0.25) is 14.5 Å². The Morgan fingerprint density at radius 2 is 2.27 bits per heavy atom. The summed E-state index contributed by atoms with van der Waals surface area (Å²) in [4.78, 5) is 24.4. The lowest BCUT2D eigenvalue weighted by Gasteiger charge is -2.26. The standard InChI is InChI=1S/C10H16N2O3/c13-9(14)6-8-10(15)11-4-1-5-12(8)7-2-3-7/h7-8H,1-6H2,(H,11,15)(H,13,14). The Bertz CT molecular complexity index is 276. The SMILES string of the molecule is O=C(O)CC1C(=O)NCCCN1C1CC1. The molecule has 5 heteroatoms. The number of amides is 1. The number of nitrogens with one attached hydrogen (secondary N) is 1. The van der Waals surface area contributed by atoms with Gasteiger partial charge in [0.25, 0.3) is 0 Å². The minimum atomic E-state index is -0.900. The fourth-order valence-corrected chi connectivity index (χ4v) is 2.12. The number of hydrogen-bond donors (Lipinski definition) is 2. The maximum absolute atomic E-state index is 11.7. The van der Waals surface area contributed by atoms with Crippen molar-refractivity contribution in [3.05, 3.63) is 0 Å². The van der Waals surface area contributed by atoms with Gasteiger partial charge in [-0.15, -0.1) is 0 Å². The summed E-state index contributed by atoms with van der Waals surface area (Å²) in [5.74, 6) is -1.02. The number of rotatable bonds is 3. The maximum Gasteiger partial charge on any atom is 0.305 e. The lowest BCUT2D eigenvalue weighted by Crippen LogP contribution is -2.46. The topological polar surface area (TPSA) is 69.6 Å². The summed E-state index contributed by atoms with van der Waals surface area (Å²) in [7, 11) is 0. The molecule has 0 bridgehead atoms. The molecule has 1 unspecified atom stereocenters. The molecule has 1 aliphatic heterocycles. The van der Waals surface area contributed by atoms with Gasteiger partial charge in [-0.25, -0.2) is 0 Å². The largest absolute Gasteiger partial charge is 0.481 e. The second kappa shape index (κ2) is 4.18. The van der Waals surface area contributed by atoms with Crippen molar-refractivity contribution in [3.63, 3.8) is 0 Å². The highest BCUT2D eigenvalue weighted by atomic mass is 16.4. The Kier molecular flexibility index (Phi) is 2.90. The van der Waals surface area contributed by atoms with E-state index in [1.807, 2.05) is 0 Å². The molecule has 0 radical (unpaired) electrons. The molecule has 2 N–H and O–H groups in total. The van der Waals surface area contributed by atoms with Crippen LogP contribution < -0.4 is 5.32 Å². The van der Waals surface area contributed by atoms with Crippen LogP contribution in [0.4, 0.5) is 0 Å². The van der Waals surface area contributed by atoms with E-state index in [9.17, 15) is 9.59 Å². The van der Waals surface area contributed by atoms with E-state index in [1.165, 1.54) is 0 Å². The number of carbonyl (C=O) groups excluding carboxylic acids is 1. The summed E-state index contributed by atoms with van der Waals surface area (Å²) >= 11 is 0. The molecule has 1 aliphatic carbocycles. The highest BCUT2D eigenvalue weighted by Crippen LogP contribution is 2.30. The third-order valence-corrected chi connectivity index (χ3v) is 2.98. The number of carbonyl (C=O) groups is 2. The zero-order chi connectivity index (χ0) is 10.8. The number of hydrogen-bond acceptors (Lipinski definition) is 3. The third kappa shape index (κ3) is 2.47. The average Bonchev–Trinajstić information content (AvgIpc) is 2.96. The molecule has 1 amide bonds. The lowest BCUT2D eigenvalue weighted by molar-refractivity contribution is -0.141. The Balaban J connectivity index is 2.08. The Morgan fingerprint density at radius 1 is 1.53 bits per heavy atom. The predicted molar refractivity (Wildman–Crippen MR) is 53.4 cm³/mol. The monoisotopic (exact) mass is 212 g/mol. The minimum Gasteiger partial charge on any atom is -0.481 e. The van der Waals surface area contributed by atoms with Crippen molar-refractivity contribution in [3.8, 4) is 0 Å². The second-order valence-electron chi connectivity index (χ2n) is 4.23. The number of carboxylic acid groups (broad SMARTS) is 1. The summed E-state index contributed by atoms with van der Waals surface area (Å²) in [6, 6.07) is -0.0179. The van der Waals surface area contributed by atoms with Crippen LogP contribution in [0.1, 0.15) is 25.7 Å². The fourth-order valence-electron chi connectivity index (χ4n) is 2.12. The molecular formula is C10H16N2O3. The van der Waals surface area contributed by atoms with Crippen LogP contribution in [0.5, 0.6) is 0 Å². The van der Waals surface area contributed by atoms with Crippen LogP contribution in [0.15, 0.2) is 0 Å². The van der Waals surface area contributed by atoms with Gasteiger partial charge in [-0.05, 0) is 19.3 Å². The van der Waals surface area contributed by atoms with Gasteiger partial charge < -0.3 is 10.4 Å². The van der Waals surface area contributed by atoms with E-state index >= 15 is 0 Å². The van der Waals surface area contributed by atoms with Crippen LogP contribution in [0.25, 0.3) is 0 Å². The molecule has 2 rings (SSSR count). The summed E-state index contributed by atoms with van der Waals surface area (Å²) < 4.78 is 0. The average molecular weight is 212 g/mol. The van der Waals surface area contributed by atoms with E-state index < -0.39 is 12.0 Å².